The summed E-state index contributed by atoms with van der Waals surface area (Å²) in [6.45, 7) is 0.527. The number of alkyl halides is 3. The lowest BCUT2D eigenvalue weighted by Gasteiger charge is -2.37. The number of carbonyl (C=O) groups is 1. The fraction of sp³-hybridized carbons (Fsp3) is 0.345. The van der Waals surface area contributed by atoms with E-state index in [4.69, 9.17) is 16.3 Å². The van der Waals surface area contributed by atoms with Gasteiger partial charge >= 0.3 is 6.18 Å². The van der Waals surface area contributed by atoms with Crippen molar-refractivity contribution < 1.29 is 22.7 Å². The molecule has 210 valence electrons. The molecule has 1 aliphatic rings. The first kappa shape index (κ1) is 27.8. The first-order valence-corrected chi connectivity index (χ1v) is 13.3. The molecule has 1 aliphatic carbocycles. The van der Waals surface area contributed by atoms with Gasteiger partial charge in [0.1, 0.15) is 11.4 Å². The third kappa shape index (κ3) is 6.17. The summed E-state index contributed by atoms with van der Waals surface area (Å²) in [5.74, 6) is 0.581. The van der Waals surface area contributed by atoms with E-state index in [-0.39, 0.29) is 23.5 Å². The number of aromatic nitrogens is 3. The minimum atomic E-state index is -4.56. The number of amides is 1. The lowest BCUT2D eigenvalue weighted by molar-refractivity contribution is -0.140. The van der Waals surface area contributed by atoms with E-state index in [0.29, 0.717) is 53.9 Å². The van der Waals surface area contributed by atoms with Crippen LogP contribution in [0.3, 0.4) is 0 Å². The van der Waals surface area contributed by atoms with Crippen LogP contribution in [-0.2, 0) is 12.7 Å². The molecule has 0 aliphatic heterocycles. The van der Waals surface area contributed by atoms with Crippen LogP contribution in [0.2, 0.25) is 5.02 Å². The molecule has 7 nitrogen and oxygen atoms in total. The van der Waals surface area contributed by atoms with E-state index < -0.39 is 11.9 Å². The van der Waals surface area contributed by atoms with Gasteiger partial charge in [0.15, 0.2) is 0 Å². The average molecular weight is 572 g/mol. The number of pyridine rings is 1. The van der Waals surface area contributed by atoms with Gasteiger partial charge in [-0.15, -0.1) is 0 Å². The number of nitrogens with one attached hydrogen (secondary N) is 1. The molecule has 40 heavy (non-hydrogen) atoms. The molecule has 0 unspecified atom stereocenters. The Morgan fingerprint density at radius 1 is 1.12 bits per heavy atom. The van der Waals surface area contributed by atoms with Crippen molar-refractivity contribution in [2.75, 3.05) is 19.1 Å². The van der Waals surface area contributed by atoms with Crippen molar-refractivity contribution >= 4 is 34.1 Å². The molecular formula is C29H29ClF3N5O2. The lowest BCUT2D eigenvalue weighted by Crippen LogP contribution is -2.43. The smallest absolute Gasteiger partial charge is 0.433 e. The van der Waals surface area contributed by atoms with Crippen LogP contribution in [0.15, 0.2) is 60.9 Å². The first-order chi connectivity index (χ1) is 19.1. The molecule has 0 atom stereocenters. The molecule has 11 heteroatoms. The van der Waals surface area contributed by atoms with Gasteiger partial charge in [-0.05, 0) is 67.6 Å². The number of ether oxygens (including phenoxy) is 1. The summed E-state index contributed by atoms with van der Waals surface area (Å²) in [6.07, 6.45) is 1.54. The average Bonchev–Trinajstić information content (AvgIpc) is 3.41. The Hall–Kier alpha value is -3.79. The number of hydrogen-bond acceptors (Lipinski definition) is 5. The summed E-state index contributed by atoms with van der Waals surface area (Å²) in [6, 6.07) is 13.4. The highest BCUT2D eigenvalue weighted by atomic mass is 35.5. The van der Waals surface area contributed by atoms with Crippen molar-refractivity contribution in [1.82, 2.24) is 20.1 Å². The first-order valence-electron chi connectivity index (χ1n) is 13.0. The molecule has 1 amide bonds. The van der Waals surface area contributed by atoms with Gasteiger partial charge in [-0.2, -0.15) is 18.3 Å². The third-order valence-corrected chi connectivity index (χ3v) is 7.63. The van der Waals surface area contributed by atoms with Crippen LogP contribution in [-0.4, -0.2) is 46.9 Å². The highest BCUT2D eigenvalue weighted by Gasteiger charge is 2.35. The second-order valence-electron chi connectivity index (χ2n) is 10.1. The van der Waals surface area contributed by atoms with E-state index in [1.54, 1.807) is 37.3 Å². The Labute approximate surface area is 234 Å². The number of anilines is 1. The Morgan fingerprint density at radius 3 is 2.52 bits per heavy atom. The molecule has 0 spiro atoms. The lowest BCUT2D eigenvalue weighted by atomic mass is 9.89. The van der Waals surface area contributed by atoms with Crippen LogP contribution in [0, 0.1) is 0 Å². The number of halogens is 4. The maximum absolute atomic E-state index is 13.6. The predicted octanol–water partition coefficient (Wildman–Crippen LogP) is 6.34. The summed E-state index contributed by atoms with van der Waals surface area (Å²) in [7, 11) is 3.42. The molecule has 0 bridgehead atoms. The standard InChI is InChI=1S/C29H29ClF3N5O2/c1-37(26-14-27(29(31,32)33)36-25-12-5-20(30)13-24(25)26)22-8-6-21(7-9-22)35-28(39)19-15-34-38(17-19)16-18-3-10-23(40-2)11-4-18/h3-5,10-15,17,21-22H,6-9,16H2,1-2H3,(H,35,39)/t21-,22+. The molecule has 1 N–H and O–H groups in total. The molecule has 1 fully saturated rings. The number of carbonyl (C=O) groups excluding carboxylic acids is 1. The van der Waals surface area contributed by atoms with E-state index >= 15 is 0 Å². The van der Waals surface area contributed by atoms with Crippen LogP contribution in [0.1, 0.15) is 47.3 Å². The predicted molar refractivity (Wildman–Crippen MR) is 148 cm³/mol. The quantitative estimate of drug-likeness (QED) is 0.280. The Balaban J connectivity index is 1.21. The van der Waals surface area contributed by atoms with Crippen LogP contribution in [0.25, 0.3) is 10.9 Å². The van der Waals surface area contributed by atoms with Crippen LogP contribution in [0.5, 0.6) is 5.75 Å². The number of methoxy groups -OCH3 is 1. The third-order valence-electron chi connectivity index (χ3n) is 7.40. The summed E-state index contributed by atoms with van der Waals surface area (Å²) < 4.78 is 47.6. The molecule has 2 aromatic heterocycles. The maximum atomic E-state index is 13.6. The zero-order chi connectivity index (χ0) is 28.4. The summed E-state index contributed by atoms with van der Waals surface area (Å²) >= 11 is 6.16. The topological polar surface area (TPSA) is 72.3 Å². The van der Waals surface area contributed by atoms with Gasteiger partial charge in [-0.3, -0.25) is 9.48 Å². The number of fused-ring (bicyclic) bond motifs is 1. The van der Waals surface area contributed by atoms with Gasteiger partial charge in [0.25, 0.3) is 5.91 Å². The summed E-state index contributed by atoms with van der Waals surface area (Å²) in [5.41, 5.74) is 1.27. The summed E-state index contributed by atoms with van der Waals surface area (Å²) in [5, 5.41) is 8.41. The molecule has 2 heterocycles. The van der Waals surface area contributed by atoms with Gasteiger partial charge in [0.2, 0.25) is 0 Å². The number of nitrogens with zero attached hydrogens (tertiary/aromatic N) is 4. The van der Waals surface area contributed by atoms with Gasteiger partial charge in [0, 0.05) is 41.4 Å². The normalized spacial score (nSPS) is 17.6. The van der Waals surface area contributed by atoms with Gasteiger partial charge in [-0.1, -0.05) is 23.7 Å². The van der Waals surface area contributed by atoms with Crippen molar-refractivity contribution in [1.29, 1.82) is 0 Å². The molecular weight excluding hydrogens is 543 g/mol. The molecule has 1 saturated carbocycles. The van der Waals surface area contributed by atoms with Gasteiger partial charge in [-0.25, -0.2) is 4.98 Å². The minimum Gasteiger partial charge on any atom is -0.497 e. The molecule has 5 rings (SSSR count). The van der Waals surface area contributed by atoms with Gasteiger partial charge < -0.3 is 15.0 Å². The number of rotatable bonds is 7. The van der Waals surface area contributed by atoms with E-state index in [1.165, 1.54) is 12.1 Å². The number of hydrogen-bond donors (Lipinski definition) is 1. The monoisotopic (exact) mass is 571 g/mol. The Kier molecular flexibility index (Phi) is 7.89. The highest BCUT2D eigenvalue weighted by molar-refractivity contribution is 6.31. The Bertz CT molecular complexity index is 1500. The second kappa shape index (κ2) is 11.4. The van der Waals surface area contributed by atoms with Crippen molar-refractivity contribution in [3.8, 4) is 5.75 Å². The van der Waals surface area contributed by atoms with Crippen LogP contribution >= 0.6 is 11.6 Å². The fourth-order valence-electron chi connectivity index (χ4n) is 5.18. The van der Waals surface area contributed by atoms with Crippen molar-refractivity contribution in [2.24, 2.45) is 0 Å². The van der Waals surface area contributed by atoms with Crippen molar-refractivity contribution in [3.63, 3.8) is 0 Å². The molecule has 4 aromatic rings. The number of benzene rings is 2. The molecule has 2 aromatic carbocycles. The van der Waals surface area contributed by atoms with Crippen molar-refractivity contribution in [3.05, 3.63) is 82.8 Å². The van der Waals surface area contributed by atoms with E-state index in [1.807, 2.05) is 29.2 Å². The van der Waals surface area contributed by atoms with Crippen molar-refractivity contribution in [2.45, 2.75) is 50.5 Å². The fourth-order valence-corrected chi connectivity index (χ4v) is 5.35. The van der Waals surface area contributed by atoms with E-state index in [2.05, 4.69) is 15.4 Å². The maximum Gasteiger partial charge on any atom is 0.433 e. The minimum absolute atomic E-state index is 0.00561. The zero-order valence-electron chi connectivity index (χ0n) is 22.1. The zero-order valence-corrected chi connectivity index (χ0v) is 22.8. The van der Waals surface area contributed by atoms with Gasteiger partial charge in [0.05, 0.1) is 30.9 Å². The SMILES string of the molecule is COc1ccc(Cn2cc(C(=O)N[C@H]3CC[C@@H](N(C)c4cc(C(F)(F)F)nc5ccc(Cl)cc45)CC3)cn2)cc1. The largest absolute Gasteiger partial charge is 0.497 e. The second-order valence-corrected chi connectivity index (χ2v) is 10.5. The molecule has 0 saturated heterocycles. The van der Waals surface area contributed by atoms with E-state index in [0.717, 1.165) is 17.4 Å². The van der Waals surface area contributed by atoms with Crippen LogP contribution < -0.4 is 15.0 Å². The summed E-state index contributed by atoms with van der Waals surface area (Å²) in [4.78, 5) is 18.6. The highest BCUT2D eigenvalue weighted by Crippen LogP contribution is 2.37. The van der Waals surface area contributed by atoms with E-state index in [9.17, 15) is 18.0 Å². The molecule has 0 radical (unpaired) electrons. The Morgan fingerprint density at radius 2 is 1.85 bits per heavy atom. The van der Waals surface area contributed by atoms with Crippen LogP contribution in [0.4, 0.5) is 18.9 Å².